The molecular weight excluding hydrogens is 326 g/mol. The van der Waals surface area contributed by atoms with E-state index in [1.54, 1.807) is 7.11 Å². The van der Waals surface area contributed by atoms with Gasteiger partial charge in [0.15, 0.2) is 11.5 Å². The quantitative estimate of drug-likeness (QED) is 0.785. The summed E-state index contributed by atoms with van der Waals surface area (Å²) in [6.45, 7) is 6.52. The Hall–Kier alpha value is -1.27. The molecule has 2 rings (SSSR count). The van der Waals surface area contributed by atoms with Crippen LogP contribution in [0.1, 0.15) is 38.7 Å². The van der Waals surface area contributed by atoms with Crippen LogP contribution >= 0.6 is 0 Å². The van der Waals surface area contributed by atoms with Crippen molar-refractivity contribution in [2.75, 3.05) is 26.5 Å². The summed E-state index contributed by atoms with van der Waals surface area (Å²) in [4.78, 5) is 2.32. The Kier molecular flexibility index (Phi) is 6.52. The number of hydrogen-bond acceptors (Lipinski definition) is 5. The van der Waals surface area contributed by atoms with E-state index in [0.717, 1.165) is 49.5 Å². The largest absolute Gasteiger partial charge is 0.493 e. The molecule has 1 aliphatic heterocycles. The van der Waals surface area contributed by atoms with Gasteiger partial charge < -0.3 is 9.47 Å². The minimum atomic E-state index is -2.94. The van der Waals surface area contributed by atoms with Crippen LogP contribution in [0, 0.1) is 0 Å². The van der Waals surface area contributed by atoms with Gasteiger partial charge in [0.1, 0.15) is 9.84 Å². The molecule has 0 spiro atoms. The van der Waals surface area contributed by atoms with Gasteiger partial charge in [0.2, 0.25) is 0 Å². The highest BCUT2D eigenvalue weighted by Gasteiger charge is 2.24. The molecule has 1 aliphatic rings. The van der Waals surface area contributed by atoms with E-state index < -0.39 is 9.84 Å². The minimum Gasteiger partial charge on any atom is -0.493 e. The summed E-state index contributed by atoms with van der Waals surface area (Å²) in [5.41, 5.74) is 1.15. The average Bonchev–Trinajstić information content (AvgIpc) is 2.73. The van der Waals surface area contributed by atoms with Crippen molar-refractivity contribution in [2.24, 2.45) is 0 Å². The number of likely N-dealkylation sites (tertiary alicyclic amines) is 1. The summed E-state index contributed by atoms with van der Waals surface area (Å²) in [5, 5.41) is -0.196. The zero-order valence-corrected chi connectivity index (χ0v) is 15.9. The Balaban J connectivity index is 2.03. The van der Waals surface area contributed by atoms with Crippen molar-refractivity contribution >= 4 is 9.84 Å². The molecule has 0 saturated carbocycles. The van der Waals surface area contributed by atoms with Gasteiger partial charge in [0.25, 0.3) is 0 Å². The van der Waals surface area contributed by atoms with Crippen molar-refractivity contribution in [1.82, 2.24) is 4.90 Å². The van der Waals surface area contributed by atoms with Crippen LogP contribution in [-0.4, -0.2) is 51.1 Å². The molecule has 1 aromatic rings. The van der Waals surface area contributed by atoms with E-state index in [-0.39, 0.29) is 11.4 Å². The number of sulfone groups is 1. The monoisotopic (exact) mass is 355 g/mol. The van der Waals surface area contributed by atoms with Crippen LogP contribution in [0.25, 0.3) is 0 Å². The standard InChI is InChI=1S/C18H29NO4S/c1-14(2)23-17-8-7-15(12-18(17)22-3)13-19-10-5-6-16(9-11-19)24(4,20)21/h7-8,12,14,16H,5-6,9-11,13H2,1-4H3. The summed E-state index contributed by atoms with van der Waals surface area (Å²) < 4.78 is 34.7. The summed E-state index contributed by atoms with van der Waals surface area (Å²) >= 11 is 0. The van der Waals surface area contributed by atoms with E-state index in [1.807, 2.05) is 26.0 Å². The van der Waals surface area contributed by atoms with Crippen LogP contribution in [-0.2, 0) is 16.4 Å². The van der Waals surface area contributed by atoms with Crippen LogP contribution in [0.5, 0.6) is 11.5 Å². The Bertz CT molecular complexity index is 642. The third-order valence-corrected chi connectivity index (χ3v) is 6.05. The number of nitrogens with zero attached hydrogens (tertiary/aromatic N) is 1. The SMILES string of the molecule is COc1cc(CN2CCCC(S(C)(=O)=O)CC2)ccc1OC(C)C. The molecule has 0 N–H and O–H groups in total. The van der Waals surface area contributed by atoms with Gasteiger partial charge in [0.05, 0.1) is 18.5 Å². The second-order valence-electron chi connectivity index (χ2n) is 6.81. The van der Waals surface area contributed by atoms with Crippen molar-refractivity contribution in [3.63, 3.8) is 0 Å². The molecule has 0 amide bonds. The normalized spacial score (nSPS) is 20.0. The second-order valence-corrected chi connectivity index (χ2v) is 9.14. The highest BCUT2D eigenvalue weighted by molar-refractivity contribution is 7.91. The third-order valence-electron chi connectivity index (χ3n) is 4.37. The molecule has 0 radical (unpaired) electrons. The highest BCUT2D eigenvalue weighted by atomic mass is 32.2. The molecule has 0 bridgehead atoms. The average molecular weight is 356 g/mol. The molecule has 1 aromatic carbocycles. The molecule has 1 fully saturated rings. The third kappa shape index (κ3) is 5.38. The molecule has 5 nitrogen and oxygen atoms in total. The van der Waals surface area contributed by atoms with Gasteiger partial charge in [-0.15, -0.1) is 0 Å². The minimum absolute atomic E-state index is 0.100. The maximum absolute atomic E-state index is 11.8. The predicted octanol–water partition coefficient (Wildman–Crippen LogP) is 2.88. The fourth-order valence-corrected chi connectivity index (χ4v) is 4.26. The molecule has 0 aromatic heterocycles. The van der Waals surface area contributed by atoms with Crippen molar-refractivity contribution in [1.29, 1.82) is 0 Å². The van der Waals surface area contributed by atoms with E-state index >= 15 is 0 Å². The van der Waals surface area contributed by atoms with Crippen LogP contribution in [0.3, 0.4) is 0 Å². The lowest BCUT2D eigenvalue weighted by Crippen LogP contribution is -2.26. The molecule has 1 atom stereocenters. The van der Waals surface area contributed by atoms with Crippen LogP contribution in [0.15, 0.2) is 18.2 Å². The van der Waals surface area contributed by atoms with Crippen molar-refractivity contribution < 1.29 is 17.9 Å². The lowest BCUT2D eigenvalue weighted by Gasteiger charge is -2.21. The van der Waals surface area contributed by atoms with E-state index in [0.29, 0.717) is 6.42 Å². The summed E-state index contributed by atoms with van der Waals surface area (Å²) in [6.07, 6.45) is 3.85. The van der Waals surface area contributed by atoms with Gasteiger partial charge in [-0.1, -0.05) is 6.07 Å². The van der Waals surface area contributed by atoms with E-state index in [2.05, 4.69) is 11.0 Å². The van der Waals surface area contributed by atoms with Crippen LogP contribution in [0.2, 0.25) is 0 Å². The van der Waals surface area contributed by atoms with Gasteiger partial charge >= 0.3 is 0 Å². The number of methoxy groups -OCH3 is 1. The first-order valence-corrected chi connectivity index (χ1v) is 10.5. The predicted molar refractivity (Wildman–Crippen MR) is 96.5 cm³/mol. The van der Waals surface area contributed by atoms with Crippen molar-refractivity contribution in [3.8, 4) is 11.5 Å². The van der Waals surface area contributed by atoms with Crippen LogP contribution in [0.4, 0.5) is 0 Å². The molecule has 1 heterocycles. The lowest BCUT2D eigenvalue weighted by molar-refractivity contribution is 0.229. The molecule has 136 valence electrons. The molecule has 0 aliphatic carbocycles. The topological polar surface area (TPSA) is 55.8 Å². The fourth-order valence-electron chi connectivity index (χ4n) is 3.13. The van der Waals surface area contributed by atoms with Gasteiger partial charge in [0, 0.05) is 12.8 Å². The Morgan fingerprint density at radius 3 is 2.58 bits per heavy atom. The van der Waals surface area contributed by atoms with E-state index in [4.69, 9.17) is 9.47 Å². The maximum Gasteiger partial charge on any atom is 0.161 e. The zero-order valence-electron chi connectivity index (χ0n) is 15.1. The number of ether oxygens (including phenoxy) is 2. The Morgan fingerprint density at radius 2 is 1.96 bits per heavy atom. The zero-order chi connectivity index (χ0) is 17.7. The van der Waals surface area contributed by atoms with Gasteiger partial charge in [-0.05, 0) is 63.9 Å². The Morgan fingerprint density at radius 1 is 1.21 bits per heavy atom. The fraction of sp³-hybridized carbons (Fsp3) is 0.667. The highest BCUT2D eigenvalue weighted by Crippen LogP contribution is 2.30. The van der Waals surface area contributed by atoms with Crippen LogP contribution < -0.4 is 9.47 Å². The van der Waals surface area contributed by atoms with Gasteiger partial charge in [-0.3, -0.25) is 4.90 Å². The number of benzene rings is 1. The molecule has 6 heteroatoms. The molecular formula is C18H29NO4S. The maximum atomic E-state index is 11.8. The first-order chi connectivity index (χ1) is 11.3. The van der Waals surface area contributed by atoms with Crippen molar-refractivity contribution in [3.05, 3.63) is 23.8 Å². The second kappa shape index (κ2) is 8.21. The smallest absolute Gasteiger partial charge is 0.161 e. The summed E-state index contributed by atoms with van der Waals surface area (Å²) in [7, 11) is -1.29. The van der Waals surface area contributed by atoms with E-state index in [1.165, 1.54) is 6.26 Å². The lowest BCUT2D eigenvalue weighted by atomic mass is 10.2. The number of rotatable bonds is 6. The van der Waals surface area contributed by atoms with Gasteiger partial charge in [-0.25, -0.2) is 8.42 Å². The number of hydrogen-bond donors (Lipinski definition) is 0. The molecule has 1 unspecified atom stereocenters. The summed E-state index contributed by atoms with van der Waals surface area (Å²) in [6, 6.07) is 6.01. The first-order valence-electron chi connectivity index (χ1n) is 8.54. The molecule has 1 saturated heterocycles. The van der Waals surface area contributed by atoms with E-state index in [9.17, 15) is 8.42 Å². The van der Waals surface area contributed by atoms with Gasteiger partial charge in [-0.2, -0.15) is 0 Å². The first kappa shape index (κ1) is 19.1. The molecule has 24 heavy (non-hydrogen) atoms. The summed E-state index contributed by atoms with van der Waals surface area (Å²) in [5.74, 6) is 1.49. The van der Waals surface area contributed by atoms with Crippen molar-refractivity contribution in [2.45, 2.75) is 51.0 Å². The Labute approximate surface area is 145 Å².